The van der Waals surface area contributed by atoms with E-state index in [4.69, 9.17) is 5.11 Å². The van der Waals surface area contributed by atoms with Gasteiger partial charge >= 0.3 is 0 Å². The van der Waals surface area contributed by atoms with Gasteiger partial charge in [0.25, 0.3) is 0 Å². The minimum atomic E-state index is 0.169. The fraction of sp³-hybridized carbons (Fsp3) is 0.182. The smallest absolute Gasteiger partial charge is 0.0471 e. The van der Waals surface area contributed by atoms with E-state index in [1.807, 2.05) is 0 Å². The highest BCUT2D eigenvalue weighted by molar-refractivity contribution is 6.17. The molecule has 0 atom stereocenters. The molecule has 0 amide bonds. The lowest BCUT2D eigenvalue weighted by Gasteiger charge is -2.11. The Morgan fingerprint density at radius 3 is 2.08 bits per heavy atom. The van der Waals surface area contributed by atoms with Gasteiger partial charge in [0.15, 0.2) is 0 Å². The molecule has 0 saturated heterocycles. The van der Waals surface area contributed by atoms with Gasteiger partial charge in [0.1, 0.15) is 0 Å². The van der Waals surface area contributed by atoms with E-state index in [-0.39, 0.29) is 13.2 Å². The summed E-state index contributed by atoms with van der Waals surface area (Å²) >= 11 is 0. The van der Waals surface area contributed by atoms with E-state index in [9.17, 15) is 5.11 Å². The fourth-order valence-corrected chi connectivity index (χ4v) is 3.65. The minimum Gasteiger partial charge on any atom is -0.396 e. The third-order valence-corrected chi connectivity index (χ3v) is 4.81. The van der Waals surface area contributed by atoms with Crippen molar-refractivity contribution in [3.8, 4) is 0 Å². The molecule has 4 aromatic rings. The topological polar surface area (TPSA) is 40.5 Å². The third kappa shape index (κ3) is 2.44. The zero-order valence-corrected chi connectivity index (χ0v) is 13.5. The molecule has 2 nitrogen and oxygen atoms in total. The van der Waals surface area contributed by atoms with Crippen molar-refractivity contribution < 1.29 is 10.2 Å². The summed E-state index contributed by atoms with van der Waals surface area (Å²) in [7, 11) is 0. The number of benzene rings is 4. The Kier molecular flexibility index (Phi) is 3.93. The van der Waals surface area contributed by atoms with Gasteiger partial charge in [0.05, 0.1) is 0 Å². The number of rotatable bonds is 4. The van der Waals surface area contributed by atoms with Gasteiger partial charge in [-0.05, 0) is 56.3 Å². The van der Waals surface area contributed by atoms with Gasteiger partial charge in [0, 0.05) is 13.2 Å². The van der Waals surface area contributed by atoms with Gasteiger partial charge in [-0.2, -0.15) is 0 Å². The number of hydrogen-bond donors (Lipinski definition) is 2. The SMILES string of the molecule is OCCc1ccc2c(ccc3c4cccc(CCO)c4ccc23)c1. The molecule has 0 spiro atoms. The molecular formula is C22H20O2. The van der Waals surface area contributed by atoms with Crippen LogP contribution < -0.4 is 0 Å². The van der Waals surface area contributed by atoms with Crippen molar-refractivity contribution in [3.63, 3.8) is 0 Å². The molecule has 0 aromatic heterocycles. The van der Waals surface area contributed by atoms with Gasteiger partial charge in [-0.15, -0.1) is 0 Å². The van der Waals surface area contributed by atoms with E-state index in [2.05, 4.69) is 60.7 Å². The highest BCUT2D eigenvalue weighted by Gasteiger charge is 2.07. The van der Waals surface area contributed by atoms with Gasteiger partial charge < -0.3 is 10.2 Å². The van der Waals surface area contributed by atoms with Crippen molar-refractivity contribution in [1.82, 2.24) is 0 Å². The number of aliphatic hydroxyl groups excluding tert-OH is 2. The standard InChI is InChI=1S/C22H20O2/c23-12-10-15-4-6-19-17(14-15)5-7-22-20-3-1-2-16(11-13-24)18(20)8-9-21(19)22/h1-9,14,23-24H,10-13H2. The molecule has 0 unspecified atom stereocenters. The summed E-state index contributed by atoms with van der Waals surface area (Å²) in [6, 6.07) is 21.4. The summed E-state index contributed by atoms with van der Waals surface area (Å²) in [6.07, 6.45) is 1.37. The first-order valence-corrected chi connectivity index (χ1v) is 8.39. The van der Waals surface area contributed by atoms with Crippen LogP contribution >= 0.6 is 0 Å². The summed E-state index contributed by atoms with van der Waals surface area (Å²) in [6.45, 7) is 0.347. The third-order valence-electron chi connectivity index (χ3n) is 4.81. The summed E-state index contributed by atoms with van der Waals surface area (Å²) in [5.41, 5.74) is 2.35. The van der Waals surface area contributed by atoms with Crippen LogP contribution in [0.5, 0.6) is 0 Å². The van der Waals surface area contributed by atoms with Crippen LogP contribution in [0.15, 0.2) is 60.7 Å². The van der Waals surface area contributed by atoms with Crippen molar-refractivity contribution in [2.45, 2.75) is 12.8 Å². The number of aliphatic hydroxyl groups is 2. The zero-order chi connectivity index (χ0) is 16.5. The quantitative estimate of drug-likeness (QED) is 0.554. The predicted molar refractivity (Wildman–Crippen MR) is 101 cm³/mol. The van der Waals surface area contributed by atoms with Crippen LogP contribution in [0.4, 0.5) is 0 Å². The minimum absolute atomic E-state index is 0.169. The molecule has 4 rings (SSSR count). The Labute approximate surface area is 141 Å². The Morgan fingerprint density at radius 2 is 1.25 bits per heavy atom. The van der Waals surface area contributed by atoms with Gasteiger partial charge in [0.2, 0.25) is 0 Å². The Bertz CT molecular complexity index is 1030. The molecule has 0 bridgehead atoms. The summed E-state index contributed by atoms with van der Waals surface area (Å²) in [5, 5.41) is 25.8. The summed E-state index contributed by atoms with van der Waals surface area (Å²) < 4.78 is 0. The first-order chi connectivity index (χ1) is 11.8. The van der Waals surface area contributed by atoms with E-state index in [0.29, 0.717) is 12.8 Å². The second-order valence-electron chi connectivity index (χ2n) is 6.24. The highest BCUT2D eigenvalue weighted by Crippen LogP contribution is 2.33. The highest BCUT2D eigenvalue weighted by atomic mass is 16.3. The maximum atomic E-state index is 9.29. The maximum Gasteiger partial charge on any atom is 0.0471 e. The largest absolute Gasteiger partial charge is 0.396 e. The summed E-state index contributed by atoms with van der Waals surface area (Å²) in [4.78, 5) is 0. The second kappa shape index (κ2) is 6.23. The van der Waals surface area contributed by atoms with E-state index < -0.39 is 0 Å². The van der Waals surface area contributed by atoms with Gasteiger partial charge in [-0.25, -0.2) is 0 Å². The molecule has 2 N–H and O–H groups in total. The van der Waals surface area contributed by atoms with E-state index in [1.165, 1.54) is 37.9 Å². The van der Waals surface area contributed by atoms with Crippen molar-refractivity contribution >= 4 is 32.3 Å². The number of hydrogen-bond acceptors (Lipinski definition) is 2. The lowest BCUT2D eigenvalue weighted by Crippen LogP contribution is -1.93. The lowest BCUT2D eigenvalue weighted by atomic mass is 9.93. The van der Waals surface area contributed by atoms with Crippen molar-refractivity contribution in [2.75, 3.05) is 13.2 Å². The number of fused-ring (bicyclic) bond motifs is 5. The van der Waals surface area contributed by atoms with Crippen LogP contribution in [-0.4, -0.2) is 23.4 Å². The van der Waals surface area contributed by atoms with E-state index in [0.717, 1.165) is 5.56 Å². The molecule has 2 heteroatoms. The molecule has 4 aromatic carbocycles. The fourth-order valence-electron chi connectivity index (χ4n) is 3.65. The normalized spacial score (nSPS) is 11.6. The van der Waals surface area contributed by atoms with Crippen LogP contribution in [0, 0.1) is 0 Å². The molecule has 0 heterocycles. The first-order valence-electron chi connectivity index (χ1n) is 8.39. The molecule has 120 valence electrons. The van der Waals surface area contributed by atoms with Crippen LogP contribution in [0.1, 0.15) is 11.1 Å². The average molecular weight is 316 g/mol. The Hall–Kier alpha value is -2.42. The van der Waals surface area contributed by atoms with Crippen LogP contribution in [-0.2, 0) is 12.8 Å². The molecule has 0 aliphatic rings. The van der Waals surface area contributed by atoms with Gasteiger partial charge in [-0.3, -0.25) is 0 Å². The lowest BCUT2D eigenvalue weighted by molar-refractivity contribution is 0.299. The molecule has 0 aliphatic heterocycles. The molecule has 0 fully saturated rings. The molecule has 0 aliphatic carbocycles. The monoisotopic (exact) mass is 316 g/mol. The average Bonchev–Trinajstić information content (AvgIpc) is 2.61. The van der Waals surface area contributed by atoms with Gasteiger partial charge in [-0.1, -0.05) is 60.7 Å². The molecule has 0 radical (unpaired) electrons. The van der Waals surface area contributed by atoms with Crippen molar-refractivity contribution in [2.24, 2.45) is 0 Å². The van der Waals surface area contributed by atoms with Crippen molar-refractivity contribution in [3.05, 3.63) is 71.8 Å². The zero-order valence-electron chi connectivity index (χ0n) is 13.5. The Morgan fingerprint density at radius 1 is 0.583 bits per heavy atom. The van der Waals surface area contributed by atoms with Crippen LogP contribution in [0.2, 0.25) is 0 Å². The van der Waals surface area contributed by atoms with Crippen LogP contribution in [0.3, 0.4) is 0 Å². The van der Waals surface area contributed by atoms with Crippen molar-refractivity contribution in [1.29, 1.82) is 0 Å². The summed E-state index contributed by atoms with van der Waals surface area (Å²) in [5.74, 6) is 0. The molecular weight excluding hydrogens is 296 g/mol. The Balaban J connectivity index is 2.00. The maximum absolute atomic E-state index is 9.29. The van der Waals surface area contributed by atoms with Crippen LogP contribution in [0.25, 0.3) is 32.3 Å². The van der Waals surface area contributed by atoms with E-state index >= 15 is 0 Å². The second-order valence-corrected chi connectivity index (χ2v) is 6.24. The van der Waals surface area contributed by atoms with E-state index in [1.54, 1.807) is 0 Å². The molecule has 24 heavy (non-hydrogen) atoms. The predicted octanol–water partition coefficient (Wildman–Crippen LogP) is 4.22. The molecule has 0 saturated carbocycles. The first kappa shape index (κ1) is 15.1.